The van der Waals surface area contributed by atoms with Gasteiger partial charge in [-0.25, -0.2) is 32.5 Å². The van der Waals surface area contributed by atoms with Crippen molar-refractivity contribution in [3.63, 3.8) is 0 Å². The molecule has 20 nitrogen and oxygen atoms in total. The van der Waals surface area contributed by atoms with E-state index in [0.29, 0.717) is 0 Å². The van der Waals surface area contributed by atoms with Crippen molar-refractivity contribution in [3.8, 4) is 0 Å². The number of nitrogens with two attached hydrogens (primary N) is 1. The monoisotopic (exact) mass is 899 g/mol. The molecule has 4 atom stereocenters. The van der Waals surface area contributed by atoms with Crippen LogP contribution in [0.15, 0.2) is 48.5 Å². The van der Waals surface area contributed by atoms with Gasteiger partial charge in [0, 0.05) is 46.8 Å². The van der Waals surface area contributed by atoms with Gasteiger partial charge in [0.2, 0.25) is 12.1 Å². The molecule has 2 saturated heterocycles. The molecule has 2 heterocycles. The van der Waals surface area contributed by atoms with Crippen LogP contribution in [0.4, 0.5) is 33.2 Å². The number of benzene rings is 2. The second-order valence-corrected chi connectivity index (χ2v) is 12.8. The Labute approximate surface area is 350 Å². The minimum absolute atomic E-state index is 0.00396. The molecule has 2 aliphatic heterocycles. The Hall–Kier alpha value is -5.46. The number of nitrogens with one attached hydrogen (secondary N) is 1. The summed E-state index contributed by atoms with van der Waals surface area (Å²) >= 11 is 11.0. The molecule has 2 aromatic rings. The highest BCUT2D eigenvalue weighted by Gasteiger charge is 2.48. The van der Waals surface area contributed by atoms with Crippen LogP contribution in [0.25, 0.3) is 0 Å². The van der Waals surface area contributed by atoms with Crippen LogP contribution in [0.1, 0.15) is 24.4 Å². The number of halogens is 5. The number of aliphatic hydroxyl groups excluding tert-OH is 1. The fourth-order valence-electron chi connectivity index (χ4n) is 5.28. The average molecular weight is 901 g/mol. The van der Waals surface area contributed by atoms with E-state index in [2.05, 4.69) is 35.9 Å². The van der Waals surface area contributed by atoms with Gasteiger partial charge in [0.25, 0.3) is 24.8 Å². The summed E-state index contributed by atoms with van der Waals surface area (Å²) in [5, 5.41) is 10.7. The van der Waals surface area contributed by atoms with Crippen LogP contribution in [0.3, 0.4) is 0 Å². The number of methoxy groups -OCH3 is 3. The van der Waals surface area contributed by atoms with Crippen LogP contribution in [-0.2, 0) is 52.3 Å². The molecule has 1 aliphatic carbocycles. The molecule has 1 saturated carbocycles. The lowest BCUT2D eigenvalue weighted by Gasteiger charge is -2.39. The first-order chi connectivity index (χ1) is 28.5. The molecule has 5 rings (SSSR count). The molecule has 60 heavy (non-hydrogen) atoms. The van der Waals surface area contributed by atoms with Crippen LogP contribution in [0.2, 0.25) is 5.02 Å². The number of ether oxygens (including phenoxy) is 7. The van der Waals surface area contributed by atoms with Crippen molar-refractivity contribution in [3.05, 3.63) is 64.9 Å². The van der Waals surface area contributed by atoms with Crippen molar-refractivity contribution >= 4 is 71.3 Å². The highest BCUT2D eigenvalue weighted by molar-refractivity contribution is 6.61. The second kappa shape index (κ2) is 25.2. The Balaban J connectivity index is 0.000000419. The van der Waals surface area contributed by atoms with Gasteiger partial charge in [-0.15, -0.1) is 0 Å². The van der Waals surface area contributed by atoms with Crippen molar-refractivity contribution in [2.75, 3.05) is 59.5 Å². The van der Waals surface area contributed by atoms with Crippen LogP contribution in [0, 0.1) is 5.82 Å². The maximum absolute atomic E-state index is 14.3. The van der Waals surface area contributed by atoms with E-state index in [1.807, 2.05) is 0 Å². The first kappa shape index (κ1) is 50.7. The quantitative estimate of drug-likeness (QED) is 0.127. The number of hydrogen-bond acceptors (Lipinski definition) is 16. The Morgan fingerprint density at radius 3 is 2.08 bits per heavy atom. The molecule has 25 heteroatoms. The first-order valence-electron chi connectivity index (χ1n) is 17.1. The van der Waals surface area contributed by atoms with Crippen molar-refractivity contribution in [2.45, 2.75) is 49.3 Å². The highest BCUT2D eigenvalue weighted by atomic mass is 35.5. The fraction of sp³-hybridized carbons (Fsp3) is 0.457. The molecule has 2 aromatic carbocycles. The molecule has 3 fully saturated rings. The summed E-state index contributed by atoms with van der Waals surface area (Å²) in [5.41, 5.74) is 4.29. The Morgan fingerprint density at radius 2 is 1.57 bits per heavy atom. The van der Waals surface area contributed by atoms with Gasteiger partial charge in [0.1, 0.15) is 38.0 Å². The largest absolute Gasteiger partial charge is 0.457 e. The maximum atomic E-state index is 14.3. The van der Waals surface area contributed by atoms with Crippen molar-refractivity contribution in [2.24, 2.45) is 5.73 Å². The number of aliphatic hydroxyl groups is 1. The predicted molar refractivity (Wildman–Crippen MR) is 200 cm³/mol. The lowest BCUT2D eigenvalue weighted by atomic mass is 9.87. The Morgan fingerprint density at radius 1 is 0.967 bits per heavy atom. The summed E-state index contributed by atoms with van der Waals surface area (Å²) in [4.78, 5) is 82.5. The maximum Gasteiger partial charge on any atom is 0.414 e. The van der Waals surface area contributed by atoms with Crippen LogP contribution >= 0.6 is 23.2 Å². The van der Waals surface area contributed by atoms with Gasteiger partial charge >= 0.3 is 17.6 Å². The van der Waals surface area contributed by atoms with E-state index < -0.39 is 84.6 Å². The van der Waals surface area contributed by atoms with E-state index >= 15 is 0 Å². The van der Waals surface area contributed by atoms with Crippen LogP contribution in [-0.4, -0.2) is 142 Å². The topological polar surface area (TPSA) is 252 Å². The molecule has 4 N–H and O–H groups in total. The molecule has 4 amide bonds. The third-order valence-electron chi connectivity index (χ3n) is 8.07. The highest BCUT2D eigenvalue weighted by Crippen LogP contribution is 2.39. The molecule has 0 radical (unpaired) electrons. The normalized spacial score (nSPS) is 18.4. The van der Waals surface area contributed by atoms with Gasteiger partial charge < -0.3 is 43.6 Å². The van der Waals surface area contributed by atoms with Crippen LogP contribution in [0.5, 0.6) is 0 Å². The summed E-state index contributed by atoms with van der Waals surface area (Å²) in [5.74, 6) is -5.14. The average Bonchev–Trinajstić information content (AvgIpc) is 3.90. The summed E-state index contributed by atoms with van der Waals surface area (Å²) < 4.78 is 73.0. The van der Waals surface area contributed by atoms with E-state index in [-0.39, 0.29) is 62.5 Å². The third-order valence-corrected chi connectivity index (χ3v) is 8.57. The van der Waals surface area contributed by atoms with E-state index in [1.54, 1.807) is 12.1 Å². The number of hydrogen-bond donors (Lipinski definition) is 3. The Bertz CT molecular complexity index is 1760. The number of nitrogens with zero attached hydrogens (tertiary/aromatic N) is 3. The lowest BCUT2D eigenvalue weighted by molar-refractivity contribution is -0.138. The summed E-state index contributed by atoms with van der Waals surface area (Å²) in [7, 11) is 3.61. The predicted octanol–water partition coefficient (Wildman–Crippen LogP) is 2.86. The molecule has 0 aromatic heterocycles. The SMILES string of the molecule is COC(=O)Cl.COC(=O)N1COC[C@H]1C(=O)N(c1cccc(F)c1)[C@H](C(=O)NC1CC(F)(F)C1)c1ccccc1Cl.COC(=O)N1COC[C@H]1OC=O.N[C@@H](CO)OC=O. The fourth-order valence-corrected chi connectivity index (χ4v) is 5.52. The molecular weight excluding hydrogens is 858 g/mol. The zero-order chi connectivity index (χ0) is 45.0. The van der Waals surface area contributed by atoms with E-state index in [4.69, 9.17) is 36.7 Å². The zero-order valence-corrected chi connectivity index (χ0v) is 33.6. The van der Waals surface area contributed by atoms with E-state index in [1.165, 1.54) is 43.4 Å². The minimum Gasteiger partial charge on any atom is -0.457 e. The second-order valence-electron chi connectivity index (χ2n) is 12.1. The van der Waals surface area contributed by atoms with Gasteiger partial charge in [-0.1, -0.05) is 35.9 Å². The summed E-state index contributed by atoms with van der Waals surface area (Å²) in [6.45, 7) is -0.0282. The van der Waals surface area contributed by atoms with Gasteiger partial charge in [0.15, 0.2) is 6.23 Å². The molecule has 3 aliphatic rings. The van der Waals surface area contributed by atoms with Gasteiger partial charge in [-0.3, -0.25) is 34.7 Å². The van der Waals surface area contributed by atoms with Crippen LogP contribution < -0.4 is 16.0 Å². The summed E-state index contributed by atoms with van der Waals surface area (Å²) in [6.07, 6.45) is -4.02. The van der Waals surface area contributed by atoms with Gasteiger partial charge in [0.05, 0.1) is 34.5 Å². The third kappa shape index (κ3) is 15.3. The first-order valence-corrected chi connectivity index (χ1v) is 17.9. The lowest BCUT2D eigenvalue weighted by Crippen LogP contribution is -2.56. The molecule has 0 unspecified atom stereocenters. The number of carbonyl (C=O) groups excluding carboxylic acids is 7. The Kier molecular flexibility index (Phi) is 21.3. The van der Waals surface area contributed by atoms with Gasteiger partial charge in [-0.2, -0.15) is 0 Å². The van der Waals surface area contributed by atoms with Crippen molar-refractivity contribution < 1.29 is 85.0 Å². The van der Waals surface area contributed by atoms with Gasteiger partial charge in [-0.05, 0) is 24.3 Å². The standard InChI is InChI=1S/C24H23ClF3N3O5.C6H9NO5.C3H7NO3.C2H3ClO2/c1-35-23(34)30-13-36-12-19(30)22(33)31(16-6-4-5-14(26)9-16)20(17-7-2-3-8-18(17)25)21(32)29-15-10-24(27,28)11-15;1-10-6(9)7-3-11-2-5(7)12-4-8;4-3(1-5)7-2-6;1-5-2(3)4/h2-9,15,19-20H,10-13H2,1H3,(H,29,32);4-5H,2-3H2,1H3;2-3,5H,1,4H2;1H3/t19-,20-;5-;3-;/m011./s1. The zero-order valence-electron chi connectivity index (χ0n) is 32.1. The van der Waals surface area contributed by atoms with E-state index in [0.717, 1.165) is 29.0 Å². The molecule has 0 bridgehead atoms. The molecular formula is C35H42Cl2F3N5O15. The number of carbonyl (C=O) groups is 7. The number of alkyl halides is 2. The number of rotatable bonds is 11. The van der Waals surface area contributed by atoms with Crippen molar-refractivity contribution in [1.82, 2.24) is 15.1 Å². The minimum atomic E-state index is -2.89. The molecule has 332 valence electrons. The number of amides is 4. The smallest absolute Gasteiger partial charge is 0.414 e. The number of anilines is 1. The molecule has 0 spiro atoms. The van der Waals surface area contributed by atoms with Crippen molar-refractivity contribution in [1.29, 1.82) is 0 Å². The van der Waals surface area contributed by atoms with E-state index in [9.17, 15) is 46.7 Å². The summed E-state index contributed by atoms with van der Waals surface area (Å²) in [6, 6.07) is 7.69.